The van der Waals surface area contributed by atoms with E-state index in [1.165, 1.54) is 27.4 Å². The van der Waals surface area contributed by atoms with Gasteiger partial charge in [0.15, 0.2) is 0 Å². The maximum atomic E-state index is 4.45. The Morgan fingerprint density at radius 2 is 1.02 bits per heavy atom. The maximum absolute atomic E-state index is 4.45. The molecule has 44 heavy (non-hydrogen) atoms. The summed E-state index contributed by atoms with van der Waals surface area (Å²) in [6, 6.07) is 58.3. The number of rotatable bonds is 4. The Hall–Kier alpha value is -5.15. The van der Waals surface area contributed by atoms with E-state index in [0.717, 1.165) is 33.8 Å². The molecule has 0 saturated heterocycles. The van der Waals surface area contributed by atoms with Crippen LogP contribution in [0.5, 0.6) is 0 Å². The number of nitrogens with zero attached hydrogens (tertiary/aromatic N) is 3. The average Bonchev–Trinajstić information content (AvgIpc) is 3.44. The van der Waals surface area contributed by atoms with Crippen molar-refractivity contribution in [3.05, 3.63) is 176 Å². The Morgan fingerprint density at radius 3 is 1.61 bits per heavy atom. The van der Waals surface area contributed by atoms with Crippen molar-refractivity contribution in [3.63, 3.8) is 0 Å². The van der Waals surface area contributed by atoms with Crippen LogP contribution in [0, 0.1) is 12.1 Å². The molecular weight excluding hydrogens is 715 g/mol. The first kappa shape index (κ1) is 28.9. The van der Waals surface area contributed by atoms with Gasteiger partial charge in [-0.05, 0) is 53.3 Å². The Kier molecular flexibility index (Phi) is 8.84. The first-order chi connectivity index (χ1) is 21.3. The molecule has 0 bridgehead atoms. The van der Waals surface area contributed by atoms with Crippen molar-refractivity contribution in [2.24, 2.45) is 0 Å². The van der Waals surface area contributed by atoms with Gasteiger partial charge in [0, 0.05) is 49.0 Å². The zero-order valence-electron chi connectivity index (χ0n) is 23.8. The van der Waals surface area contributed by atoms with Gasteiger partial charge in [-0.15, -0.1) is 71.3 Å². The average molecular weight is 742 g/mol. The number of benzene rings is 5. The molecule has 3 nitrogen and oxygen atoms in total. The van der Waals surface area contributed by atoms with Crippen molar-refractivity contribution in [1.82, 2.24) is 14.5 Å². The minimum absolute atomic E-state index is 0. The van der Waals surface area contributed by atoms with Crippen LogP contribution in [0.25, 0.3) is 61.1 Å². The summed E-state index contributed by atoms with van der Waals surface area (Å²) in [4.78, 5) is 8.67. The summed E-state index contributed by atoms with van der Waals surface area (Å²) in [6.45, 7) is 0. The molecule has 0 aliphatic carbocycles. The smallest absolute Gasteiger partial charge is 0.0541 e. The van der Waals surface area contributed by atoms with E-state index in [4.69, 9.17) is 0 Å². The van der Waals surface area contributed by atoms with Crippen LogP contribution in [-0.4, -0.2) is 14.5 Å². The van der Waals surface area contributed by atoms with Crippen molar-refractivity contribution in [2.45, 2.75) is 0 Å². The van der Waals surface area contributed by atoms with Crippen molar-refractivity contribution in [1.29, 1.82) is 0 Å². The molecule has 0 amide bonds. The van der Waals surface area contributed by atoms with E-state index in [2.05, 4.69) is 112 Å². The Labute approximate surface area is 270 Å². The summed E-state index contributed by atoms with van der Waals surface area (Å²) in [5.74, 6) is 0. The summed E-state index contributed by atoms with van der Waals surface area (Å²) in [5.41, 5.74) is 9.90. The van der Waals surface area contributed by atoms with Crippen LogP contribution in [0.4, 0.5) is 0 Å². The Balaban J connectivity index is 0.000000222. The molecule has 0 spiro atoms. The summed E-state index contributed by atoms with van der Waals surface area (Å²) in [5, 5.41) is 2.56. The van der Waals surface area contributed by atoms with Crippen LogP contribution in [0.3, 0.4) is 0 Å². The second kappa shape index (κ2) is 13.4. The summed E-state index contributed by atoms with van der Waals surface area (Å²) >= 11 is 0. The van der Waals surface area contributed by atoms with Gasteiger partial charge in [0.25, 0.3) is 0 Å². The zero-order valence-corrected chi connectivity index (χ0v) is 26.2. The van der Waals surface area contributed by atoms with E-state index < -0.39 is 0 Å². The topological polar surface area (TPSA) is 30.7 Å². The SMILES string of the molecule is [Ir].[c-]1ccc(-c2ccc(-n3c4ccccc4c4ccccc43)cc2)cc1-c1ccccn1.[c-]1ccccc1-c1ccccn1. The third-order valence-corrected chi connectivity index (χ3v) is 7.43. The van der Waals surface area contributed by atoms with Gasteiger partial charge >= 0.3 is 0 Å². The molecule has 1 radical (unpaired) electrons. The van der Waals surface area contributed by atoms with Crippen LogP contribution in [-0.2, 0) is 20.1 Å². The normalized spacial score (nSPS) is 10.5. The number of pyridine rings is 2. The Morgan fingerprint density at radius 1 is 0.455 bits per heavy atom. The van der Waals surface area contributed by atoms with Gasteiger partial charge in [0.05, 0.1) is 11.0 Å². The number of aromatic nitrogens is 3. The molecule has 0 fully saturated rings. The molecule has 3 aromatic heterocycles. The predicted octanol–water partition coefficient (Wildman–Crippen LogP) is 9.86. The number of hydrogen-bond acceptors (Lipinski definition) is 2. The van der Waals surface area contributed by atoms with Crippen LogP contribution in [0.1, 0.15) is 0 Å². The number of fused-ring (bicyclic) bond motifs is 3. The van der Waals surface area contributed by atoms with Gasteiger partial charge in [-0.3, -0.25) is 0 Å². The monoisotopic (exact) mass is 742 g/mol. The summed E-state index contributed by atoms with van der Waals surface area (Å²) in [7, 11) is 0. The molecule has 0 atom stereocenters. The standard InChI is InChI=1S/C29H19N2.C11H8N.Ir/c1-3-13-28-25(10-1)26-11-2-4-14-29(26)31(28)24-17-15-21(16-18-24)22-8-7-9-23(20-22)27-12-5-6-19-30-27;1-2-6-10(7-3-1)11-8-4-5-9-12-11;/h1-8,10-20H;1-6,8-9H;/q2*-1;. The third kappa shape index (κ3) is 6.00. The van der Waals surface area contributed by atoms with Crippen molar-refractivity contribution >= 4 is 21.8 Å². The molecule has 213 valence electrons. The molecule has 0 N–H and O–H groups in total. The fourth-order valence-corrected chi connectivity index (χ4v) is 5.39. The largest absolute Gasteiger partial charge is 0.309 e. The molecular formula is C40H27IrN3-2. The quantitative estimate of drug-likeness (QED) is 0.168. The molecule has 0 aliphatic heterocycles. The molecule has 5 aromatic carbocycles. The number of para-hydroxylation sites is 2. The fourth-order valence-electron chi connectivity index (χ4n) is 5.39. The van der Waals surface area contributed by atoms with Gasteiger partial charge in [0.1, 0.15) is 0 Å². The van der Waals surface area contributed by atoms with E-state index in [-0.39, 0.29) is 20.1 Å². The van der Waals surface area contributed by atoms with E-state index in [0.29, 0.717) is 0 Å². The first-order valence-corrected chi connectivity index (χ1v) is 14.3. The van der Waals surface area contributed by atoms with Gasteiger partial charge in [-0.2, -0.15) is 0 Å². The molecule has 0 saturated carbocycles. The van der Waals surface area contributed by atoms with E-state index in [1.54, 1.807) is 6.20 Å². The molecule has 0 aliphatic rings. The van der Waals surface area contributed by atoms with Gasteiger partial charge < -0.3 is 14.5 Å². The van der Waals surface area contributed by atoms with Crippen LogP contribution in [0.2, 0.25) is 0 Å². The molecule has 4 heteroatoms. The van der Waals surface area contributed by atoms with Gasteiger partial charge in [0.2, 0.25) is 0 Å². The van der Waals surface area contributed by atoms with Crippen LogP contribution < -0.4 is 0 Å². The molecule has 8 rings (SSSR count). The van der Waals surface area contributed by atoms with Gasteiger partial charge in [-0.25, -0.2) is 0 Å². The first-order valence-electron chi connectivity index (χ1n) is 14.3. The van der Waals surface area contributed by atoms with Crippen molar-refractivity contribution in [3.8, 4) is 39.3 Å². The third-order valence-electron chi connectivity index (χ3n) is 7.43. The van der Waals surface area contributed by atoms with Crippen molar-refractivity contribution < 1.29 is 20.1 Å². The summed E-state index contributed by atoms with van der Waals surface area (Å²) in [6.07, 6.45) is 3.60. The van der Waals surface area contributed by atoms with Gasteiger partial charge in [-0.1, -0.05) is 72.8 Å². The second-order valence-corrected chi connectivity index (χ2v) is 10.1. The molecule has 0 unspecified atom stereocenters. The summed E-state index contributed by atoms with van der Waals surface area (Å²) < 4.78 is 2.34. The van der Waals surface area contributed by atoms with Crippen LogP contribution >= 0.6 is 0 Å². The maximum Gasteiger partial charge on any atom is 0.0541 e. The minimum atomic E-state index is 0. The number of hydrogen-bond donors (Lipinski definition) is 0. The Bertz CT molecular complexity index is 2010. The van der Waals surface area contributed by atoms with Crippen LogP contribution in [0.15, 0.2) is 164 Å². The zero-order chi connectivity index (χ0) is 28.8. The van der Waals surface area contributed by atoms with E-state index in [1.807, 2.05) is 72.9 Å². The van der Waals surface area contributed by atoms with Crippen molar-refractivity contribution in [2.75, 3.05) is 0 Å². The second-order valence-electron chi connectivity index (χ2n) is 10.1. The van der Waals surface area contributed by atoms with E-state index >= 15 is 0 Å². The molecule has 8 aromatic rings. The fraction of sp³-hybridized carbons (Fsp3) is 0. The molecule has 3 heterocycles. The predicted molar refractivity (Wildman–Crippen MR) is 177 cm³/mol. The minimum Gasteiger partial charge on any atom is -0.309 e. The van der Waals surface area contributed by atoms with E-state index in [9.17, 15) is 0 Å².